The number of anilines is 3. The highest BCUT2D eigenvalue weighted by Gasteiger charge is 2.13. The summed E-state index contributed by atoms with van der Waals surface area (Å²) >= 11 is 0. The predicted molar refractivity (Wildman–Crippen MR) is 135 cm³/mol. The largest absolute Gasteiger partial charge is 0.353 e. The highest BCUT2D eigenvalue weighted by Crippen LogP contribution is 2.29. The minimum absolute atomic E-state index is 0.185. The van der Waals surface area contributed by atoms with E-state index in [1.54, 1.807) is 33.8 Å². The lowest BCUT2D eigenvalue weighted by molar-refractivity contribution is -0.111. The topological polar surface area (TPSA) is 93.8 Å². The molecule has 5 rings (SSSR count). The molecule has 34 heavy (non-hydrogen) atoms. The van der Waals surface area contributed by atoms with Gasteiger partial charge >= 0.3 is 0 Å². The van der Waals surface area contributed by atoms with Crippen molar-refractivity contribution in [3.63, 3.8) is 0 Å². The molecule has 0 aliphatic carbocycles. The molecule has 0 saturated heterocycles. The van der Waals surface area contributed by atoms with E-state index in [1.165, 1.54) is 12.1 Å². The molecule has 0 aliphatic rings. The minimum atomic E-state index is -0.314. The van der Waals surface area contributed by atoms with E-state index in [4.69, 9.17) is 0 Å². The summed E-state index contributed by atoms with van der Waals surface area (Å²) in [4.78, 5) is 29.6. The van der Waals surface area contributed by atoms with Crippen LogP contribution in [0.25, 0.3) is 27.5 Å². The standard InChI is InChI=1S/C26H22N6O2/c1-4-24(33)30-23-12-20(8-5-16(23)2)32-25(34)10-6-17-13-27-22-9-7-18(11-21(22)26(17)32)29-19-14-28-31(3)15-19/h4-15,29H,1H2,2-3H3,(H,30,33). The second-order valence-electron chi connectivity index (χ2n) is 8.02. The van der Waals surface area contributed by atoms with Crippen LogP contribution in [0.5, 0.6) is 0 Å². The molecule has 1 amide bonds. The molecule has 2 N–H and O–H groups in total. The van der Waals surface area contributed by atoms with E-state index in [0.29, 0.717) is 11.4 Å². The van der Waals surface area contributed by atoms with Crippen LogP contribution >= 0.6 is 0 Å². The van der Waals surface area contributed by atoms with Crippen LogP contribution in [0.2, 0.25) is 0 Å². The van der Waals surface area contributed by atoms with Gasteiger partial charge in [0, 0.05) is 47.7 Å². The first-order chi connectivity index (χ1) is 16.4. The number of aryl methyl sites for hydroxylation is 2. The van der Waals surface area contributed by atoms with Crippen LogP contribution < -0.4 is 16.2 Å². The Bertz CT molecular complexity index is 1650. The number of hydrogen-bond acceptors (Lipinski definition) is 5. The van der Waals surface area contributed by atoms with Gasteiger partial charge in [-0.15, -0.1) is 0 Å². The van der Waals surface area contributed by atoms with E-state index in [-0.39, 0.29) is 11.5 Å². The van der Waals surface area contributed by atoms with E-state index in [2.05, 4.69) is 27.3 Å². The summed E-state index contributed by atoms with van der Waals surface area (Å²) in [6.07, 6.45) is 6.60. The Morgan fingerprint density at radius 3 is 2.68 bits per heavy atom. The Labute approximate surface area is 195 Å². The molecule has 8 heteroatoms. The lowest BCUT2D eigenvalue weighted by Crippen LogP contribution is -2.18. The maximum Gasteiger partial charge on any atom is 0.255 e. The third-order valence-electron chi connectivity index (χ3n) is 5.63. The van der Waals surface area contributed by atoms with Gasteiger partial charge in [0.15, 0.2) is 0 Å². The molecule has 3 heterocycles. The number of amides is 1. The summed E-state index contributed by atoms with van der Waals surface area (Å²) in [5.41, 5.74) is 5.14. The molecule has 0 saturated carbocycles. The first-order valence-electron chi connectivity index (χ1n) is 10.7. The second-order valence-corrected chi connectivity index (χ2v) is 8.02. The number of nitrogens with one attached hydrogen (secondary N) is 2. The van der Waals surface area contributed by atoms with Crippen molar-refractivity contribution in [2.75, 3.05) is 10.6 Å². The number of carbonyl (C=O) groups is 1. The number of benzene rings is 2. The lowest BCUT2D eigenvalue weighted by Gasteiger charge is -2.15. The van der Waals surface area contributed by atoms with E-state index >= 15 is 0 Å². The van der Waals surface area contributed by atoms with Gasteiger partial charge in [-0.05, 0) is 55.0 Å². The van der Waals surface area contributed by atoms with Crippen LogP contribution in [0.4, 0.5) is 17.1 Å². The summed E-state index contributed by atoms with van der Waals surface area (Å²) in [5.74, 6) is -0.314. The molecule has 168 valence electrons. The van der Waals surface area contributed by atoms with Crippen molar-refractivity contribution in [2.45, 2.75) is 6.92 Å². The van der Waals surface area contributed by atoms with Crippen molar-refractivity contribution in [1.29, 1.82) is 0 Å². The molecule has 0 atom stereocenters. The highest BCUT2D eigenvalue weighted by atomic mass is 16.1. The number of carbonyl (C=O) groups excluding carboxylic acids is 1. The summed E-state index contributed by atoms with van der Waals surface area (Å²) in [6, 6.07) is 14.7. The molecule has 5 aromatic rings. The fourth-order valence-electron chi connectivity index (χ4n) is 3.97. The minimum Gasteiger partial charge on any atom is -0.353 e. The van der Waals surface area contributed by atoms with Crippen molar-refractivity contribution >= 4 is 44.8 Å². The third-order valence-corrected chi connectivity index (χ3v) is 5.63. The Balaban J connectivity index is 1.73. The van der Waals surface area contributed by atoms with E-state index in [0.717, 1.165) is 38.7 Å². The Morgan fingerprint density at radius 2 is 1.91 bits per heavy atom. The third kappa shape index (κ3) is 3.81. The number of fused-ring (bicyclic) bond motifs is 3. The number of rotatable bonds is 5. The van der Waals surface area contributed by atoms with Crippen LogP contribution in [0.1, 0.15) is 5.56 Å². The van der Waals surface area contributed by atoms with Gasteiger partial charge in [0.05, 0.1) is 28.6 Å². The molecule has 3 aromatic heterocycles. The number of pyridine rings is 2. The second kappa shape index (κ2) is 8.32. The molecule has 0 aliphatic heterocycles. The van der Waals surface area contributed by atoms with Crippen LogP contribution in [0.3, 0.4) is 0 Å². The average Bonchev–Trinajstić information content (AvgIpc) is 3.24. The first-order valence-corrected chi connectivity index (χ1v) is 10.7. The van der Waals surface area contributed by atoms with Crippen molar-refractivity contribution in [3.05, 3.63) is 95.7 Å². The Kier molecular flexibility index (Phi) is 5.18. The van der Waals surface area contributed by atoms with Crippen molar-refractivity contribution < 1.29 is 4.79 Å². The quantitative estimate of drug-likeness (QED) is 0.305. The van der Waals surface area contributed by atoms with Gasteiger partial charge in [-0.25, -0.2) is 0 Å². The van der Waals surface area contributed by atoms with Crippen LogP contribution in [-0.4, -0.2) is 25.2 Å². The fraction of sp³-hybridized carbons (Fsp3) is 0.0769. The van der Waals surface area contributed by atoms with Crippen LogP contribution in [-0.2, 0) is 11.8 Å². The van der Waals surface area contributed by atoms with E-state index < -0.39 is 0 Å². The van der Waals surface area contributed by atoms with Gasteiger partial charge in [0.1, 0.15) is 0 Å². The molecule has 0 radical (unpaired) electrons. The first kappa shape index (κ1) is 21.1. The fourth-order valence-corrected chi connectivity index (χ4v) is 3.97. The van der Waals surface area contributed by atoms with Crippen molar-refractivity contribution in [1.82, 2.24) is 19.3 Å². The molecule has 0 unspecified atom stereocenters. The zero-order valence-corrected chi connectivity index (χ0v) is 18.7. The lowest BCUT2D eigenvalue weighted by atomic mass is 10.1. The number of aromatic nitrogens is 4. The van der Waals surface area contributed by atoms with Crippen LogP contribution in [0, 0.1) is 6.92 Å². The molecule has 0 fully saturated rings. The van der Waals surface area contributed by atoms with Crippen molar-refractivity contribution in [2.24, 2.45) is 7.05 Å². The summed E-state index contributed by atoms with van der Waals surface area (Å²) < 4.78 is 3.37. The number of hydrogen-bond donors (Lipinski definition) is 2. The zero-order chi connectivity index (χ0) is 23.8. The summed E-state index contributed by atoms with van der Waals surface area (Å²) in [5, 5.41) is 12.0. The maximum atomic E-state index is 13.1. The van der Waals surface area contributed by atoms with Gasteiger partial charge in [-0.1, -0.05) is 12.6 Å². The monoisotopic (exact) mass is 450 g/mol. The normalized spacial score (nSPS) is 11.0. The molecular formula is C26H22N6O2. The molecule has 2 aromatic carbocycles. The highest BCUT2D eigenvalue weighted by molar-refractivity contribution is 6.05. The van der Waals surface area contributed by atoms with Gasteiger partial charge in [0.25, 0.3) is 5.56 Å². The maximum absolute atomic E-state index is 13.1. The molecular weight excluding hydrogens is 428 g/mol. The van der Waals surface area contributed by atoms with Gasteiger partial charge in [-0.3, -0.25) is 23.8 Å². The summed E-state index contributed by atoms with van der Waals surface area (Å²) in [7, 11) is 1.86. The smallest absolute Gasteiger partial charge is 0.255 e. The zero-order valence-electron chi connectivity index (χ0n) is 18.7. The predicted octanol–water partition coefficient (Wildman–Crippen LogP) is 4.45. The molecule has 8 nitrogen and oxygen atoms in total. The number of nitrogens with zero attached hydrogens (tertiary/aromatic N) is 4. The van der Waals surface area contributed by atoms with Crippen LogP contribution in [0.15, 0.2) is 84.6 Å². The van der Waals surface area contributed by atoms with Gasteiger partial charge in [0.2, 0.25) is 5.91 Å². The Hall–Kier alpha value is -4.72. The molecule has 0 spiro atoms. The molecule has 0 bridgehead atoms. The van der Waals surface area contributed by atoms with Gasteiger partial charge < -0.3 is 10.6 Å². The SMILES string of the molecule is C=CC(=O)Nc1cc(-n2c(=O)ccc3cnc4ccc(Nc5cnn(C)c5)cc4c32)ccc1C. The Morgan fingerprint density at radius 1 is 1.06 bits per heavy atom. The van der Waals surface area contributed by atoms with Gasteiger partial charge in [-0.2, -0.15) is 5.10 Å². The average molecular weight is 451 g/mol. The van der Waals surface area contributed by atoms with E-state index in [9.17, 15) is 9.59 Å². The van der Waals surface area contributed by atoms with E-state index in [1.807, 2.05) is 50.5 Å². The summed E-state index contributed by atoms with van der Waals surface area (Å²) in [6.45, 7) is 5.40. The van der Waals surface area contributed by atoms with Crippen molar-refractivity contribution in [3.8, 4) is 5.69 Å².